The molecular formula is C21H20N2O5. The van der Waals surface area contributed by atoms with Crippen molar-refractivity contribution in [2.45, 2.75) is 20.1 Å². The van der Waals surface area contributed by atoms with Crippen LogP contribution in [0.1, 0.15) is 11.4 Å². The van der Waals surface area contributed by atoms with E-state index in [2.05, 4.69) is 9.97 Å². The van der Waals surface area contributed by atoms with Crippen molar-refractivity contribution in [1.82, 2.24) is 9.97 Å². The molecule has 3 aromatic rings. The number of rotatable bonds is 7. The molecular weight excluding hydrogens is 360 g/mol. The first kappa shape index (κ1) is 19.2. The lowest BCUT2D eigenvalue weighted by Gasteiger charge is -2.18. The van der Waals surface area contributed by atoms with Gasteiger partial charge >= 0.3 is 18.3 Å². The van der Waals surface area contributed by atoms with Crippen LogP contribution in [0.15, 0.2) is 60.7 Å². The van der Waals surface area contributed by atoms with Gasteiger partial charge in [-0.15, -0.1) is 0 Å². The summed E-state index contributed by atoms with van der Waals surface area (Å²) < 4.78 is 21.7. The highest BCUT2D eigenvalue weighted by Crippen LogP contribution is 2.26. The van der Waals surface area contributed by atoms with E-state index in [1.54, 1.807) is 44.2 Å². The lowest BCUT2D eigenvalue weighted by atomic mass is 10.3. The van der Waals surface area contributed by atoms with Gasteiger partial charge in [0.05, 0.1) is 7.11 Å². The van der Waals surface area contributed by atoms with Crippen LogP contribution < -0.4 is 14.2 Å². The van der Waals surface area contributed by atoms with E-state index in [0.717, 1.165) is 0 Å². The maximum absolute atomic E-state index is 12.1. The summed E-state index contributed by atoms with van der Waals surface area (Å²) in [6, 6.07) is 18.0. The number of hydrogen-bond acceptors (Lipinski definition) is 7. The summed E-state index contributed by atoms with van der Waals surface area (Å²) in [6.45, 7) is 3.61. The number of methoxy groups -OCH3 is 1. The molecule has 0 bridgehead atoms. The van der Waals surface area contributed by atoms with Gasteiger partial charge < -0.3 is 18.9 Å². The number of aryl methyl sites for hydroxylation is 2. The van der Waals surface area contributed by atoms with Crippen LogP contribution in [0.5, 0.6) is 23.3 Å². The average Bonchev–Trinajstić information content (AvgIpc) is 2.67. The Morgan fingerprint density at radius 3 is 2.14 bits per heavy atom. The predicted octanol–water partition coefficient (Wildman–Crippen LogP) is 3.84. The van der Waals surface area contributed by atoms with Crippen molar-refractivity contribution in [1.29, 1.82) is 0 Å². The summed E-state index contributed by atoms with van der Waals surface area (Å²) in [5.41, 5.74) is 1.42. The van der Waals surface area contributed by atoms with Crippen molar-refractivity contribution in [2.24, 2.45) is 0 Å². The topological polar surface area (TPSA) is 79.8 Å². The molecule has 0 amide bonds. The Hall–Kier alpha value is -3.61. The lowest BCUT2D eigenvalue weighted by molar-refractivity contribution is -0.163. The van der Waals surface area contributed by atoms with Gasteiger partial charge in [0.15, 0.2) is 0 Å². The molecule has 3 rings (SSSR count). The van der Waals surface area contributed by atoms with Gasteiger partial charge in [-0.05, 0) is 44.2 Å². The summed E-state index contributed by atoms with van der Waals surface area (Å²) in [7, 11) is 1.25. The Kier molecular flexibility index (Phi) is 6.06. The molecule has 7 heteroatoms. The third-order valence-corrected chi connectivity index (χ3v) is 3.60. The summed E-state index contributed by atoms with van der Waals surface area (Å²) in [4.78, 5) is 20.4. The predicted molar refractivity (Wildman–Crippen MR) is 102 cm³/mol. The fraction of sp³-hybridized carbons (Fsp3) is 0.190. The molecule has 0 radical (unpaired) electrons. The third kappa shape index (κ3) is 5.20. The standard InChI is InChI=1S/C21H20N2O5/c1-14-12-15(2)23-21(22-14)28-20(19(24)25-3)27-18-11-7-10-17(13-18)26-16-8-5-4-6-9-16/h4-13,20H,1-3H3. The summed E-state index contributed by atoms with van der Waals surface area (Å²) in [5.74, 6) is 0.893. The van der Waals surface area contributed by atoms with Gasteiger partial charge in [0.2, 0.25) is 0 Å². The van der Waals surface area contributed by atoms with Gasteiger partial charge in [0.1, 0.15) is 17.2 Å². The Morgan fingerprint density at radius 2 is 1.46 bits per heavy atom. The van der Waals surface area contributed by atoms with Crippen LogP contribution in [0.25, 0.3) is 0 Å². The van der Waals surface area contributed by atoms with Crippen LogP contribution in [0, 0.1) is 13.8 Å². The first-order chi connectivity index (χ1) is 13.5. The second-order valence-electron chi connectivity index (χ2n) is 5.91. The molecule has 28 heavy (non-hydrogen) atoms. The van der Waals surface area contributed by atoms with Crippen LogP contribution >= 0.6 is 0 Å². The molecule has 0 aliphatic carbocycles. The zero-order valence-electron chi connectivity index (χ0n) is 15.8. The minimum absolute atomic E-state index is 0.0320. The molecule has 7 nitrogen and oxygen atoms in total. The maximum atomic E-state index is 12.1. The number of para-hydroxylation sites is 1. The van der Waals surface area contributed by atoms with Gasteiger partial charge in [-0.3, -0.25) is 0 Å². The smallest absolute Gasteiger partial charge is 0.389 e. The first-order valence-electron chi connectivity index (χ1n) is 8.60. The minimum Gasteiger partial charge on any atom is -0.463 e. The van der Waals surface area contributed by atoms with Gasteiger partial charge in [0.25, 0.3) is 0 Å². The largest absolute Gasteiger partial charge is 0.463 e. The fourth-order valence-electron chi connectivity index (χ4n) is 2.42. The van der Waals surface area contributed by atoms with E-state index in [4.69, 9.17) is 18.9 Å². The lowest BCUT2D eigenvalue weighted by Crippen LogP contribution is -2.35. The number of esters is 1. The van der Waals surface area contributed by atoms with E-state index in [9.17, 15) is 4.79 Å². The molecule has 0 saturated carbocycles. The van der Waals surface area contributed by atoms with Crippen LogP contribution in [0.3, 0.4) is 0 Å². The van der Waals surface area contributed by atoms with Crippen LogP contribution in [-0.4, -0.2) is 29.3 Å². The molecule has 1 aromatic heterocycles. The normalized spacial score (nSPS) is 11.4. The zero-order chi connectivity index (χ0) is 19.9. The van der Waals surface area contributed by atoms with Gasteiger partial charge in [-0.2, -0.15) is 0 Å². The highest BCUT2D eigenvalue weighted by Gasteiger charge is 2.25. The van der Waals surface area contributed by atoms with E-state index >= 15 is 0 Å². The quantitative estimate of drug-likeness (QED) is 0.455. The molecule has 144 valence electrons. The Morgan fingerprint density at radius 1 is 0.821 bits per heavy atom. The number of hydrogen-bond donors (Lipinski definition) is 0. The molecule has 0 aliphatic heterocycles. The second kappa shape index (κ2) is 8.85. The van der Waals surface area contributed by atoms with E-state index in [1.807, 2.05) is 30.3 Å². The highest BCUT2D eigenvalue weighted by atomic mass is 16.7. The minimum atomic E-state index is -1.36. The third-order valence-electron chi connectivity index (χ3n) is 3.60. The molecule has 1 unspecified atom stereocenters. The number of nitrogens with zero attached hydrogens (tertiary/aromatic N) is 2. The van der Waals surface area contributed by atoms with Crippen molar-refractivity contribution >= 4 is 5.97 Å². The van der Waals surface area contributed by atoms with E-state index < -0.39 is 12.3 Å². The Labute approximate surface area is 162 Å². The SMILES string of the molecule is COC(=O)C(Oc1cccc(Oc2ccccc2)c1)Oc1nc(C)cc(C)n1. The van der Waals surface area contributed by atoms with Crippen LogP contribution in [-0.2, 0) is 9.53 Å². The fourth-order valence-corrected chi connectivity index (χ4v) is 2.42. The summed E-state index contributed by atoms with van der Waals surface area (Å²) >= 11 is 0. The average molecular weight is 380 g/mol. The molecule has 2 aromatic carbocycles. The first-order valence-corrected chi connectivity index (χ1v) is 8.60. The molecule has 0 N–H and O–H groups in total. The van der Waals surface area contributed by atoms with Crippen molar-refractivity contribution in [2.75, 3.05) is 7.11 Å². The van der Waals surface area contributed by atoms with Crippen LogP contribution in [0.2, 0.25) is 0 Å². The number of ether oxygens (including phenoxy) is 4. The van der Waals surface area contributed by atoms with Gasteiger partial charge in [-0.25, -0.2) is 14.8 Å². The van der Waals surface area contributed by atoms with E-state index in [-0.39, 0.29) is 6.01 Å². The molecule has 0 aliphatic rings. The number of carbonyl (C=O) groups excluding carboxylic acids is 1. The molecule has 0 fully saturated rings. The Balaban J connectivity index is 1.77. The number of aromatic nitrogens is 2. The Bertz CT molecular complexity index is 926. The van der Waals surface area contributed by atoms with Crippen molar-refractivity contribution in [3.05, 3.63) is 72.1 Å². The van der Waals surface area contributed by atoms with Crippen molar-refractivity contribution in [3.8, 4) is 23.3 Å². The van der Waals surface area contributed by atoms with Crippen molar-refractivity contribution in [3.63, 3.8) is 0 Å². The summed E-state index contributed by atoms with van der Waals surface area (Å²) in [6.07, 6.45) is -1.36. The van der Waals surface area contributed by atoms with Gasteiger partial charge in [0, 0.05) is 17.5 Å². The molecule has 0 spiro atoms. The molecule has 1 heterocycles. The molecule has 0 saturated heterocycles. The van der Waals surface area contributed by atoms with Crippen molar-refractivity contribution < 1.29 is 23.7 Å². The molecule has 1 atom stereocenters. The number of carbonyl (C=O) groups is 1. The van der Waals surface area contributed by atoms with E-state index in [0.29, 0.717) is 28.6 Å². The number of benzene rings is 2. The summed E-state index contributed by atoms with van der Waals surface area (Å²) in [5, 5.41) is 0. The van der Waals surface area contributed by atoms with E-state index in [1.165, 1.54) is 7.11 Å². The maximum Gasteiger partial charge on any atom is 0.389 e. The monoisotopic (exact) mass is 380 g/mol. The van der Waals surface area contributed by atoms with Gasteiger partial charge in [-0.1, -0.05) is 24.3 Å². The highest BCUT2D eigenvalue weighted by molar-refractivity contribution is 5.73. The zero-order valence-corrected chi connectivity index (χ0v) is 15.8. The van der Waals surface area contributed by atoms with Crippen LogP contribution in [0.4, 0.5) is 0 Å². The second-order valence-corrected chi connectivity index (χ2v) is 5.91.